The lowest BCUT2D eigenvalue weighted by Gasteiger charge is -2.03. The lowest BCUT2D eigenvalue weighted by molar-refractivity contribution is 1.08. The number of fused-ring (bicyclic) bond motifs is 1. The van der Waals surface area contributed by atoms with Gasteiger partial charge >= 0.3 is 0 Å². The fourth-order valence-electron chi connectivity index (χ4n) is 2.39. The van der Waals surface area contributed by atoms with Gasteiger partial charge in [0, 0.05) is 21.9 Å². The van der Waals surface area contributed by atoms with Gasteiger partial charge in [0.05, 0.1) is 5.69 Å². The molecule has 3 heteroatoms. The third kappa shape index (κ3) is 2.08. The van der Waals surface area contributed by atoms with Crippen LogP contribution in [-0.4, -0.2) is 9.38 Å². The van der Waals surface area contributed by atoms with Crippen LogP contribution < -0.4 is 0 Å². The molecule has 0 fully saturated rings. The van der Waals surface area contributed by atoms with Crippen LogP contribution in [0.25, 0.3) is 16.9 Å². The van der Waals surface area contributed by atoms with Crippen molar-refractivity contribution in [2.24, 2.45) is 0 Å². The predicted molar refractivity (Wildman–Crippen MR) is 82.5 cm³/mol. The Morgan fingerprint density at radius 1 is 1.05 bits per heavy atom. The van der Waals surface area contributed by atoms with E-state index < -0.39 is 0 Å². The van der Waals surface area contributed by atoms with Gasteiger partial charge in [-0.1, -0.05) is 23.8 Å². The van der Waals surface area contributed by atoms with Crippen LogP contribution in [0.4, 0.5) is 0 Å². The molecule has 0 aliphatic heterocycles. The first-order valence-electron chi connectivity index (χ1n) is 6.28. The summed E-state index contributed by atoms with van der Waals surface area (Å²) in [6, 6.07) is 10.6. The number of halogens is 1. The first kappa shape index (κ1) is 12.4. The Labute approximate surface area is 121 Å². The SMILES string of the molecule is Cc1ccc(-c2cn3c(C)c(Br)ccc3n2)c(C)c1. The number of hydrogen-bond donors (Lipinski definition) is 0. The summed E-state index contributed by atoms with van der Waals surface area (Å²) in [5.41, 5.74) is 6.92. The minimum Gasteiger partial charge on any atom is -0.303 e. The average Bonchev–Trinajstić information content (AvgIpc) is 2.78. The number of benzene rings is 1. The molecule has 19 heavy (non-hydrogen) atoms. The molecule has 0 amide bonds. The molecule has 0 saturated heterocycles. The Hall–Kier alpha value is -1.61. The fourth-order valence-corrected chi connectivity index (χ4v) is 2.72. The topological polar surface area (TPSA) is 17.3 Å². The molecule has 1 aromatic carbocycles. The van der Waals surface area contributed by atoms with E-state index in [0.29, 0.717) is 0 Å². The molecule has 3 rings (SSSR count). The second kappa shape index (κ2) is 4.49. The summed E-state index contributed by atoms with van der Waals surface area (Å²) in [5, 5.41) is 0. The van der Waals surface area contributed by atoms with E-state index in [9.17, 15) is 0 Å². The molecule has 3 aromatic rings. The Bertz CT molecular complexity index is 772. The zero-order chi connectivity index (χ0) is 13.6. The second-order valence-electron chi connectivity index (χ2n) is 4.94. The standard InChI is InChI=1S/C16H15BrN2/c1-10-4-5-13(11(2)8-10)15-9-19-12(3)14(17)6-7-16(19)18-15/h4-9H,1-3H3. The molecule has 0 unspecified atom stereocenters. The van der Waals surface area contributed by atoms with E-state index in [1.165, 1.54) is 22.4 Å². The van der Waals surface area contributed by atoms with Crippen LogP contribution in [0.3, 0.4) is 0 Å². The molecule has 0 aliphatic rings. The van der Waals surface area contributed by atoms with Gasteiger partial charge in [-0.3, -0.25) is 0 Å². The van der Waals surface area contributed by atoms with Crippen LogP contribution in [0.2, 0.25) is 0 Å². The van der Waals surface area contributed by atoms with Crippen LogP contribution in [-0.2, 0) is 0 Å². The normalized spacial score (nSPS) is 11.2. The second-order valence-corrected chi connectivity index (χ2v) is 5.79. The van der Waals surface area contributed by atoms with E-state index in [1.54, 1.807) is 0 Å². The number of aryl methyl sites for hydroxylation is 3. The highest BCUT2D eigenvalue weighted by molar-refractivity contribution is 9.10. The van der Waals surface area contributed by atoms with Crippen LogP contribution in [0.5, 0.6) is 0 Å². The van der Waals surface area contributed by atoms with Crippen molar-refractivity contribution in [1.82, 2.24) is 9.38 Å². The molecule has 0 spiro atoms. The van der Waals surface area contributed by atoms with Gasteiger partial charge in [0.15, 0.2) is 0 Å². The number of imidazole rings is 1. The van der Waals surface area contributed by atoms with E-state index in [0.717, 1.165) is 15.8 Å². The summed E-state index contributed by atoms with van der Waals surface area (Å²) in [4.78, 5) is 4.72. The van der Waals surface area contributed by atoms with Gasteiger partial charge in [-0.25, -0.2) is 4.98 Å². The van der Waals surface area contributed by atoms with Crippen molar-refractivity contribution in [3.05, 3.63) is 57.8 Å². The van der Waals surface area contributed by atoms with Crippen LogP contribution in [0, 0.1) is 20.8 Å². The van der Waals surface area contributed by atoms with Crippen molar-refractivity contribution in [3.8, 4) is 11.3 Å². The number of pyridine rings is 1. The zero-order valence-electron chi connectivity index (χ0n) is 11.2. The molecule has 2 aromatic heterocycles. The predicted octanol–water partition coefficient (Wildman–Crippen LogP) is 4.69. The van der Waals surface area contributed by atoms with E-state index in [1.807, 2.05) is 12.1 Å². The van der Waals surface area contributed by atoms with Crippen molar-refractivity contribution in [2.75, 3.05) is 0 Å². The Kier molecular flexibility index (Phi) is 2.94. The van der Waals surface area contributed by atoms with Crippen molar-refractivity contribution in [2.45, 2.75) is 20.8 Å². The molecule has 96 valence electrons. The average molecular weight is 315 g/mol. The van der Waals surface area contributed by atoms with E-state index in [-0.39, 0.29) is 0 Å². The van der Waals surface area contributed by atoms with Gasteiger partial charge in [-0.2, -0.15) is 0 Å². The fraction of sp³-hybridized carbons (Fsp3) is 0.188. The lowest BCUT2D eigenvalue weighted by Crippen LogP contribution is -1.89. The Morgan fingerprint density at radius 2 is 1.84 bits per heavy atom. The highest BCUT2D eigenvalue weighted by Gasteiger charge is 2.09. The van der Waals surface area contributed by atoms with Crippen molar-refractivity contribution >= 4 is 21.6 Å². The molecular weight excluding hydrogens is 300 g/mol. The largest absolute Gasteiger partial charge is 0.303 e. The first-order valence-corrected chi connectivity index (χ1v) is 7.07. The van der Waals surface area contributed by atoms with Gasteiger partial charge in [-0.05, 0) is 54.4 Å². The Morgan fingerprint density at radius 3 is 2.58 bits per heavy atom. The van der Waals surface area contributed by atoms with E-state index >= 15 is 0 Å². The quantitative estimate of drug-likeness (QED) is 0.637. The van der Waals surface area contributed by atoms with E-state index in [2.05, 4.69) is 65.5 Å². The molecular formula is C16H15BrN2. The van der Waals surface area contributed by atoms with Crippen molar-refractivity contribution in [3.63, 3.8) is 0 Å². The third-order valence-electron chi connectivity index (χ3n) is 3.48. The molecule has 2 nitrogen and oxygen atoms in total. The minimum atomic E-state index is 0.982. The smallest absolute Gasteiger partial charge is 0.137 e. The molecule has 0 saturated carbocycles. The van der Waals surface area contributed by atoms with Crippen molar-refractivity contribution < 1.29 is 0 Å². The molecule has 0 N–H and O–H groups in total. The zero-order valence-corrected chi connectivity index (χ0v) is 12.8. The van der Waals surface area contributed by atoms with Crippen LogP contribution in [0.1, 0.15) is 16.8 Å². The minimum absolute atomic E-state index is 0.982. The van der Waals surface area contributed by atoms with Gasteiger partial charge in [0.25, 0.3) is 0 Å². The van der Waals surface area contributed by atoms with E-state index in [4.69, 9.17) is 4.98 Å². The highest BCUT2D eigenvalue weighted by Crippen LogP contribution is 2.26. The molecule has 0 atom stereocenters. The first-order chi connectivity index (χ1) is 9.06. The molecule has 0 aliphatic carbocycles. The van der Waals surface area contributed by atoms with Crippen LogP contribution >= 0.6 is 15.9 Å². The number of aromatic nitrogens is 2. The van der Waals surface area contributed by atoms with Crippen LogP contribution in [0.15, 0.2) is 41.0 Å². The lowest BCUT2D eigenvalue weighted by atomic mass is 10.0. The summed E-state index contributed by atoms with van der Waals surface area (Å²) in [5.74, 6) is 0. The summed E-state index contributed by atoms with van der Waals surface area (Å²) in [6.07, 6.45) is 2.10. The Balaban J connectivity index is 2.23. The maximum absolute atomic E-state index is 4.72. The summed E-state index contributed by atoms with van der Waals surface area (Å²) in [7, 11) is 0. The third-order valence-corrected chi connectivity index (χ3v) is 4.31. The monoisotopic (exact) mass is 314 g/mol. The van der Waals surface area contributed by atoms with Gasteiger partial charge in [0.1, 0.15) is 5.65 Å². The molecule has 2 heterocycles. The number of hydrogen-bond acceptors (Lipinski definition) is 1. The number of nitrogens with zero attached hydrogens (tertiary/aromatic N) is 2. The molecule has 0 radical (unpaired) electrons. The number of rotatable bonds is 1. The highest BCUT2D eigenvalue weighted by atomic mass is 79.9. The van der Waals surface area contributed by atoms with Gasteiger partial charge in [-0.15, -0.1) is 0 Å². The van der Waals surface area contributed by atoms with Gasteiger partial charge in [0.2, 0.25) is 0 Å². The maximum atomic E-state index is 4.72. The maximum Gasteiger partial charge on any atom is 0.137 e. The molecule has 0 bridgehead atoms. The summed E-state index contributed by atoms with van der Waals surface area (Å²) in [6.45, 7) is 6.33. The summed E-state index contributed by atoms with van der Waals surface area (Å²) >= 11 is 3.56. The van der Waals surface area contributed by atoms with Gasteiger partial charge < -0.3 is 4.40 Å². The summed E-state index contributed by atoms with van der Waals surface area (Å²) < 4.78 is 3.23. The van der Waals surface area contributed by atoms with Crippen molar-refractivity contribution in [1.29, 1.82) is 0 Å².